The minimum atomic E-state index is -0.166. The van der Waals surface area contributed by atoms with E-state index in [4.69, 9.17) is 9.26 Å². The molecule has 8 nitrogen and oxygen atoms in total. The van der Waals surface area contributed by atoms with Crippen LogP contribution in [0.4, 0.5) is 0 Å². The standard InChI is InChI=1S/C17H30N4O4/c1-4-5-8-15(20-14(3)22)9-6-7-10-18-16(23)11-24-12-17-19-13(2)21-25-17/h15H,4-12H2,1-3H3,(H,18,23)(H,20,22). The predicted molar refractivity (Wildman–Crippen MR) is 92.7 cm³/mol. The van der Waals surface area contributed by atoms with E-state index in [-0.39, 0.29) is 31.1 Å². The van der Waals surface area contributed by atoms with Gasteiger partial charge in [-0.3, -0.25) is 9.59 Å². The summed E-state index contributed by atoms with van der Waals surface area (Å²) >= 11 is 0. The Bertz CT molecular complexity index is 519. The van der Waals surface area contributed by atoms with Crippen LogP contribution in [0.2, 0.25) is 0 Å². The molecule has 0 aromatic carbocycles. The Balaban J connectivity index is 2.06. The molecule has 1 atom stereocenters. The fraction of sp³-hybridized carbons (Fsp3) is 0.765. The number of nitrogens with zero attached hydrogens (tertiary/aromatic N) is 2. The lowest BCUT2D eigenvalue weighted by atomic mass is 10.0. The van der Waals surface area contributed by atoms with E-state index in [0.29, 0.717) is 18.3 Å². The second kappa shape index (κ2) is 12.4. The first-order chi connectivity index (χ1) is 12.0. The molecule has 2 amide bonds. The fourth-order valence-electron chi connectivity index (χ4n) is 2.45. The average Bonchev–Trinajstić information content (AvgIpc) is 2.97. The van der Waals surface area contributed by atoms with Crippen molar-refractivity contribution in [3.05, 3.63) is 11.7 Å². The van der Waals surface area contributed by atoms with Crippen LogP contribution in [0.5, 0.6) is 0 Å². The summed E-state index contributed by atoms with van der Waals surface area (Å²) in [6.45, 7) is 6.11. The van der Waals surface area contributed by atoms with Crippen molar-refractivity contribution in [1.29, 1.82) is 0 Å². The van der Waals surface area contributed by atoms with Crippen molar-refractivity contribution in [3.63, 3.8) is 0 Å². The van der Waals surface area contributed by atoms with Crippen LogP contribution < -0.4 is 10.6 Å². The van der Waals surface area contributed by atoms with Gasteiger partial charge in [0.2, 0.25) is 11.8 Å². The molecule has 0 aliphatic carbocycles. The maximum Gasteiger partial charge on any atom is 0.252 e. The van der Waals surface area contributed by atoms with Crippen molar-refractivity contribution < 1.29 is 18.8 Å². The summed E-state index contributed by atoms with van der Waals surface area (Å²) in [5, 5.41) is 9.45. The number of aromatic nitrogens is 2. The lowest BCUT2D eigenvalue weighted by Gasteiger charge is -2.17. The van der Waals surface area contributed by atoms with Gasteiger partial charge in [-0.25, -0.2) is 0 Å². The number of carbonyl (C=O) groups excluding carboxylic acids is 2. The van der Waals surface area contributed by atoms with Gasteiger partial charge in [-0.15, -0.1) is 0 Å². The summed E-state index contributed by atoms with van der Waals surface area (Å²) in [5.41, 5.74) is 0. The number of unbranched alkanes of at least 4 members (excludes halogenated alkanes) is 2. The lowest BCUT2D eigenvalue weighted by molar-refractivity contribution is -0.126. The number of rotatable bonds is 13. The molecule has 142 valence electrons. The van der Waals surface area contributed by atoms with Crippen molar-refractivity contribution in [1.82, 2.24) is 20.8 Å². The Morgan fingerprint density at radius 2 is 2.00 bits per heavy atom. The molecule has 0 aliphatic heterocycles. The summed E-state index contributed by atoms with van der Waals surface area (Å²) in [6, 6.07) is 0.231. The number of hydrogen-bond acceptors (Lipinski definition) is 6. The van der Waals surface area contributed by atoms with Crippen LogP contribution >= 0.6 is 0 Å². The summed E-state index contributed by atoms with van der Waals surface area (Å²) < 4.78 is 10.1. The molecule has 8 heteroatoms. The van der Waals surface area contributed by atoms with Gasteiger partial charge in [-0.1, -0.05) is 24.9 Å². The molecule has 1 unspecified atom stereocenters. The first kappa shape index (κ1) is 21.1. The quantitative estimate of drug-likeness (QED) is 0.524. The largest absolute Gasteiger partial charge is 0.362 e. The zero-order valence-electron chi connectivity index (χ0n) is 15.5. The van der Waals surface area contributed by atoms with Gasteiger partial charge in [0.05, 0.1) is 0 Å². The first-order valence-corrected chi connectivity index (χ1v) is 8.92. The number of hydrogen-bond donors (Lipinski definition) is 2. The minimum absolute atomic E-state index is 0.0167. The second-order valence-corrected chi connectivity index (χ2v) is 6.11. The maximum absolute atomic E-state index is 11.7. The molecule has 2 N–H and O–H groups in total. The van der Waals surface area contributed by atoms with Crippen molar-refractivity contribution in [2.45, 2.75) is 71.9 Å². The van der Waals surface area contributed by atoms with Crippen LogP contribution in [0.3, 0.4) is 0 Å². The lowest BCUT2D eigenvalue weighted by Crippen LogP contribution is -2.33. The van der Waals surface area contributed by atoms with Crippen LogP contribution in [0.25, 0.3) is 0 Å². The van der Waals surface area contributed by atoms with Crippen LogP contribution in [0.1, 0.15) is 64.1 Å². The van der Waals surface area contributed by atoms with Gasteiger partial charge in [0.1, 0.15) is 13.2 Å². The molecule has 1 heterocycles. The van der Waals surface area contributed by atoms with Crippen molar-refractivity contribution in [2.24, 2.45) is 0 Å². The van der Waals surface area contributed by atoms with Gasteiger partial charge < -0.3 is 19.9 Å². The van der Waals surface area contributed by atoms with E-state index in [0.717, 1.165) is 38.5 Å². The van der Waals surface area contributed by atoms with Crippen molar-refractivity contribution >= 4 is 11.8 Å². The van der Waals surface area contributed by atoms with Crippen LogP contribution in [0, 0.1) is 6.92 Å². The van der Waals surface area contributed by atoms with E-state index in [2.05, 4.69) is 27.7 Å². The fourth-order valence-corrected chi connectivity index (χ4v) is 2.45. The first-order valence-electron chi connectivity index (χ1n) is 8.92. The van der Waals surface area contributed by atoms with Gasteiger partial charge in [0.25, 0.3) is 5.89 Å². The van der Waals surface area contributed by atoms with E-state index in [1.165, 1.54) is 0 Å². The monoisotopic (exact) mass is 354 g/mol. The summed E-state index contributed by atoms with van der Waals surface area (Å²) in [4.78, 5) is 26.9. The zero-order chi connectivity index (χ0) is 18.5. The molecule has 0 spiro atoms. The summed E-state index contributed by atoms with van der Waals surface area (Å²) in [7, 11) is 0. The Morgan fingerprint density at radius 1 is 1.24 bits per heavy atom. The Hall–Kier alpha value is -1.96. The molecule has 1 aromatic rings. The zero-order valence-corrected chi connectivity index (χ0v) is 15.5. The molecule has 0 radical (unpaired) electrons. The highest BCUT2D eigenvalue weighted by Crippen LogP contribution is 2.08. The Labute approximate surface area is 149 Å². The maximum atomic E-state index is 11.7. The molecular weight excluding hydrogens is 324 g/mol. The number of carbonyl (C=O) groups is 2. The molecule has 25 heavy (non-hydrogen) atoms. The molecule has 0 bridgehead atoms. The highest BCUT2D eigenvalue weighted by molar-refractivity contribution is 5.77. The van der Waals surface area contributed by atoms with Crippen LogP contribution in [-0.2, 0) is 20.9 Å². The summed E-state index contributed by atoms with van der Waals surface area (Å²) in [5.74, 6) is 0.754. The number of aryl methyl sites for hydroxylation is 1. The highest BCUT2D eigenvalue weighted by Gasteiger charge is 2.09. The molecule has 1 aromatic heterocycles. The van der Waals surface area contributed by atoms with E-state index in [9.17, 15) is 9.59 Å². The summed E-state index contributed by atoms with van der Waals surface area (Å²) in [6.07, 6.45) is 6.00. The third-order valence-electron chi connectivity index (χ3n) is 3.64. The molecule has 1 rings (SSSR count). The predicted octanol–water partition coefficient (Wildman–Crippen LogP) is 1.88. The second-order valence-electron chi connectivity index (χ2n) is 6.11. The van der Waals surface area contributed by atoms with Crippen LogP contribution in [-0.4, -0.2) is 41.1 Å². The average molecular weight is 354 g/mol. The number of ether oxygens (including phenoxy) is 1. The minimum Gasteiger partial charge on any atom is -0.362 e. The molecule has 0 saturated heterocycles. The van der Waals surface area contributed by atoms with Gasteiger partial charge >= 0.3 is 0 Å². The van der Waals surface area contributed by atoms with Gasteiger partial charge in [0, 0.05) is 19.5 Å². The van der Waals surface area contributed by atoms with E-state index >= 15 is 0 Å². The smallest absolute Gasteiger partial charge is 0.252 e. The Morgan fingerprint density at radius 3 is 2.64 bits per heavy atom. The van der Waals surface area contributed by atoms with Gasteiger partial charge in [-0.2, -0.15) is 4.98 Å². The SMILES string of the molecule is CCCCC(CCCCNC(=O)COCc1nc(C)no1)NC(C)=O. The molecule has 0 saturated carbocycles. The number of amides is 2. The third-order valence-corrected chi connectivity index (χ3v) is 3.64. The van der Waals surface area contributed by atoms with Crippen molar-refractivity contribution in [3.8, 4) is 0 Å². The van der Waals surface area contributed by atoms with Crippen molar-refractivity contribution in [2.75, 3.05) is 13.2 Å². The van der Waals surface area contributed by atoms with E-state index < -0.39 is 0 Å². The molecule has 0 fully saturated rings. The van der Waals surface area contributed by atoms with Crippen LogP contribution in [0.15, 0.2) is 4.52 Å². The van der Waals surface area contributed by atoms with E-state index in [1.54, 1.807) is 13.8 Å². The Kier molecular flexibility index (Phi) is 10.5. The van der Waals surface area contributed by atoms with E-state index in [1.807, 2.05) is 0 Å². The molecular formula is C17H30N4O4. The van der Waals surface area contributed by atoms with Gasteiger partial charge in [0.15, 0.2) is 5.82 Å². The normalized spacial score (nSPS) is 12.0. The number of nitrogens with one attached hydrogen (secondary N) is 2. The van der Waals surface area contributed by atoms with Gasteiger partial charge in [-0.05, 0) is 32.6 Å². The highest BCUT2D eigenvalue weighted by atomic mass is 16.5. The molecule has 0 aliphatic rings. The topological polar surface area (TPSA) is 106 Å². The third kappa shape index (κ3) is 10.5.